The number of pyridine rings is 1. The minimum atomic E-state index is -0.184. The van der Waals surface area contributed by atoms with E-state index in [1.165, 1.54) is 0 Å². The number of allylic oxidation sites excluding steroid dienone is 1. The van der Waals surface area contributed by atoms with E-state index in [-0.39, 0.29) is 5.78 Å². The zero-order chi connectivity index (χ0) is 19.5. The second kappa shape index (κ2) is 7.48. The van der Waals surface area contributed by atoms with Crippen LogP contribution >= 0.6 is 0 Å². The Morgan fingerprint density at radius 3 is 2.46 bits per heavy atom. The number of hydrogen-bond acceptors (Lipinski definition) is 5. The predicted octanol–water partition coefficient (Wildman–Crippen LogP) is 4.71. The molecule has 0 unspecified atom stereocenters. The fourth-order valence-electron chi connectivity index (χ4n) is 2.90. The van der Waals surface area contributed by atoms with Gasteiger partial charge < -0.3 is 9.32 Å². The van der Waals surface area contributed by atoms with Crippen LogP contribution < -0.4 is 4.90 Å². The van der Waals surface area contributed by atoms with Gasteiger partial charge in [-0.2, -0.15) is 0 Å². The lowest BCUT2D eigenvalue weighted by atomic mass is 10.0. The number of aromatic nitrogens is 2. The topological polar surface area (TPSA) is 59.2 Å². The third-order valence-corrected chi connectivity index (χ3v) is 4.41. The molecule has 28 heavy (non-hydrogen) atoms. The molecule has 4 rings (SSSR count). The average Bonchev–Trinajstić information content (AvgIpc) is 3.16. The quantitative estimate of drug-likeness (QED) is 0.377. The van der Waals surface area contributed by atoms with Gasteiger partial charge in [-0.1, -0.05) is 24.3 Å². The molecule has 0 atom stereocenters. The zero-order valence-electron chi connectivity index (χ0n) is 15.7. The summed E-state index contributed by atoms with van der Waals surface area (Å²) < 4.78 is 5.88. The molecule has 0 aliphatic rings. The number of ketones is 1. The van der Waals surface area contributed by atoms with E-state index in [1.807, 2.05) is 67.5 Å². The van der Waals surface area contributed by atoms with Gasteiger partial charge in [0.15, 0.2) is 11.4 Å². The maximum Gasteiger partial charge on any atom is 0.231 e. The van der Waals surface area contributed by atoms with Gasteiger partial charge in [0, 0.05) is 37.7 Å². The van der Waals surface area contributed by atoms with E-state index in [0.717, 1.165) is 11.3 Å². The lowest BCUT2D eigenvalue weighted by Gasteiger charge is -2.12. The van der Waals surface area contributed by atoms with Gasteiger partial charge in [-0.25, -0.2) is 4.98 Å². The molecule has 0 saturated carbocycles. The van der Waals surface area contributed by atoms with Gasteiger partial charge in [-0.3, -0.25) is 9.78 Å². The summed E-state index contributed by atoms with van der Waals surface area (Å²) >= 11 is 0. The summed E-state index contributed by atoms with van der Waals surface area (Å²) in [4.78, 5) is 23.8. The van der Waals surface area contributed by atoms with Crippen LogP contribution in [0.4, 0.5) is 5.69 Å². The van der Waals surface area contributed by atoms with E-state index in [2.05, 4.69) is 9.97 Å². The highest BCUT2D eigenvalue weighted by atomic mass is 16.3. The molecule has 2 aromatic heterocycles. The molecule has 0 saturated heterocycles. The Labute approximate surface area is 163 Å². The molecular weight excluding hydrogens is 350 g/mol. The molecule has 0 aliphatic heterocycles. The summed E-state index contributed by atoms with van der Waals surface area (Å²) in [5.41, 5.74) is 4.21. The van der Waals surface area contributed by atoms with Crippen molar-refractivity contribution in [2.45, 2.75) is 0 Å². The molecule has 0 bridgehead atoms. The van der Waals surface area contributed by atoms with Crippen molar-refractivity contribution < 1.29 is 9.21 Å². The number of carbonyl (C=O) groups is 1. The molecule has 0 aliphatic carbocycles. The van der Waals surface area contributed by atoms with Crippen molar-refractivity contribution in [3.05, 3.63) is 90.1 Å². The molecule has 2 aromatic carbocycles. The van der Waals surface area contributed by atoms with Crippen molar-refractivity contribution in [1.29, 1.82) is 0 Å². The van der Waals surface area contributed by atoms with Crippen LogP contribution in [0.1, 0.15) is 21.8 Å². The lowest BCUT2D eigenvalue weighted by Crippen LogP contribution is -2.08. The smallest absolute Gasteiger partial charge is 0.231 e. The molecular formula is C23H19N3O2. The number of carbonyl (C=O) groups excluding carboxylic acids is 1. The molecule has 0 N–H and O–H groups in total. The van der Waals surface area contributed by atoms with Gasteiger partial charge in [-0.15, -0.1) is 0 Å². The molecule has 2 heterocycles. The summed E-state index contributed by atoms with van der Waals surface area (Å²) in [5, 5.41) is 0. The number of nitrogens with zero attached hydrogens (tertiary/aromatic N) is 3. The number of para-hydroxylation sites is 2. The Kier molecular flexibility index (Phi) is 4.72. The fraction of sp³-hybridized carbons (Fsp3) is 0.0870. The van der Waals surface area contributed by atoms with Crippen molar-refractivity contribution in [2.24, 2.45) is 0 Å². The SMILES string of the molecule is CN(C)c1ccc(C=C(C(=O)c2cccnc2)c2nc3ccccc3o2)cc1. The van der Waals surface area contributed by atoms with Crippen molar-refractivity contribution >= 4 is 34.2 Å². The lowest BCUT2D eigenvalue weighted by molar-refractivity contribution is 0.105. The van der Waals surface area contributed by atoms with Gasteiger partial charge in [0.2, 0.25) is 5.89 Å². The Bertz CT molecular complexity index is 1110. The first-order valence-corrected chi connectivity index (χ1v) is 8.91. The number of anilines is 1. The molecule has 5 nitrogen and oxygen atoms in total. The van der Waals surface area contributed by atoms with Crippen molar-refractivity contribution in [1.82, 2.24) is 9.97 Å². The van der Waals surface area contributed by atoms with Gasteiger partial charge in [0.05, 0.1) is 5.57 Å². The highest BCUT2D eigenvalue weighted by Crippen LogP contribution is 2.26. The van der Waals surface area contributed by atoms with E-state index >= 15 is 0 Å². The predicted molar refractivity (Wildman–Crippen MR) is 111 cm³/mol. The van der Waals surface area contributed by atoms with Crippen molar-refractivity contribution in [3.8, 4) is 0 Å². The molecule has 0 amide bonds. The van der Waals surface area contributed by atoms with Gasteiger partial charge in [-0.05, 0) is 48.0 Å². The van der Waals surface area contributed by atoms with E-state index in [1.54, 1.807) is 30.6 Å². The summed E-state index contributed by atoms with van der Waals surface area (Å²) in [6, 6.07) is 18.9. The molecule has 0 spiro atoms. The largest absolute Gasteiger partial charge is 0.436 e. The Hall–Kier alpha value is -3.73. The van der Waals surface area contributed by atoms with Crippen molar-refractivity contribution in [2.75, 3.05) is 19.0 Å². The van der Waals surface area contributed by atoms with Crippen LogP contribution in [-0.4, -0.2) is 29.8 Å². The number of fused-ring (bicyclic) bond motifs is 1. The third-order valence-electron chi connectivity index (χ3n) is 4.41. The van der Waals surface area contributed by atoms with Crippen LogP contribution in [0.2, 0.25) is 0 Å². The van der Waals surface area contributed by atoms with E-state index < -0.39 is 0 Å². The van der Waals surface area contributed by atoms with Gasteiger partial charge in [0.1, 0.15) is 5.52 Å². The number of hydrogen-bond donors (Lipinski definition) is 0. The van der Waals surface area contributed by atoms with Crippen LogP contribution in [0, 0.1) is 0 Å². The molecule has 0 fully saturated rings. The number of Topliss-reactive ketones (excluding diaryl/α,β-unsaturated/α-hetero) is 1. The second-order valence-electron chi connectivity index (χ2n) is 6.60. The summed E-state index contributed by atoms with van der Waals surface area (Å²) in [6.45, 7) is 0. The van der Waals surface area contributed by atoms with Gasteiger partial charge in [0.25, 0.3) is 0 Å². The average molecular weight is 369 g/mol. The maximum atomic E-state index is 13.2. The summed E-state index contributed by atoms with van der Waals surface area (Å²) in [7, 11) is 3.97. The molecule has 4 aromatic rings. The Morgan fingerprint density at radius 1 is 1.00 bits per heavy atom. The van der Waals surface area contributed by atoms with Crippen LogP contribution in [-0.2, 0) is 0 Å². The Morgan fingerprint density at radius 2 is 1.79 bits per heavy atom. The van der Waals surface area contributed by atoms with Gasteiger partial charge >= 0.3 is 0 Å². The number of benzene rings is 2. The minimum Gasteiger partial charge on any atom is -0.436 e. The number of oxazole rings is 1. The second-order valence-corrected chi connectivity index (χ2v) is 6.60. The first-order chi connectivity index (χ1) is 13.6. The third kappa shape index (κ3) is 3.55. The zero-order valence-corrected chi connectivity index (χ0v) is 15.7. The maximum absolute atomic E-state index is 13.2. The fourth-order valence-corrected chi connectivity index (χ4v) is 2.90. The first-order valence-electron chi connectivity index (χ1n) is 8.91. The highest BCUT2D eigenvalue weighted by Gasteiger charge is 2.20. The Balaban J connectivity index is 1.82. The summed E-state index contributed by atoms with van der Waals surface area (Å²) in [6.07, 6.45) is 4.99. The summed E-state index contributed by atoms with van der Waals surface area (Å²) in [5.74, 6) is 0.114. The molecule has 138 valence electrons. The van der Waals surface area contributed by atoms with E-state index in [9.17, 15) is 4.79 Å². The van der Waals surface area contributed by atoms with Crippen LogP contribution in [0.15, 0.2) is 77.5 Å². The highest BCUT2D eigenvalue weighted by molar-refractivity contribution is 6.31. The van der Waals surface area contributed by atoms with Crippen LogP contribution in [0.25, 0.3) is 22.7 Å². The molecule has 5 heteroatoms. The van der Waals surface area contributed by atoms with Crippen LogP contribution in [0.5, 0.6) is 0 Å². The van der Waals surface area contributed by atoms with Crippen LogP contribution in [0.3, 0.4) is 0 Å². The standard InChI is InChI=1S/C23H19N3O2/c1-26(2)18-11-9-16(10-12-18)14-19(22(27)17-6-5-13-24-15-17)23-25-20-7-3-4-8-21(20)28-23/h3-15H,1-2H3. The first kappa shape index (κ1) is 17.7. The van der Waals surface area contributed by atoms with E-state index in [4.69, 9.17) is 4.42 Å². The molecule has 0 radical (unpaired) electrons. The van der Waals surface area contributed by atoms with Crippen molar-refractivity contribution in [3.63, 3.8) is 0 Å². The normalized spacial score (nSPS) is 11.6. The minimum absolute atomic E-state index is 0.184. The monoisotopic (exact) mass is 369 g/mol. The van der Waals surface area contributed by atoms with E-state index in [0.29, 0.717) is 28.1 Å². The number of rotatable bonds is 5.